The van der Waals surface area contributed by atoms with Crippen molar-refractivity contribution in [2.75, 3.05) is 6.61 Å². The number of primary amides is 1. The highest BCUT2D eigenvalue weighted by Gasteiger charge is 2.16. The average molecular weight is 295 g/mol. The summed E-state index contributed by atoms with van der Waals surface area (Å²) in [5.41, 5.74) is 8.19. The molecule has 0 unspecified atom stereocenters. The van der Waals surface area contributed by atoms with Crippen molar-refractivity contribution in [3.05, 3.63) is 65.7 Å². The number of nitrogens with two attached hydrogens (primary N) is 1. The van der Waals surface area contributed by atoms with Gasteiger partial charge in [0, 0.05) is 11.6 Å². The molecule has 2 aromatic carbocycles. The zero-order valence-corrected chi connectivity index (χ0v) is 12.1. The number of amides is 1. The van der Waals surface area contributed by atoms with Crippen LogP contribution in [-0.4, -0.2) is 12.5 Å². The van der Waals surface area contributed by atoms with E-state index in [4.69, 9.17) is 15.2 Å². The first-order chi connectivity index (χ1) is 10.7. The molecule has 0 saturated heterocycles. The SMILES string of the molecule is NC(=O)CC1=CCOc2cc(OCc3ccccc3)ccc21. The van der Waals surface area contributed by atoms with Crippen molar-refractivity contribution < 1.29 is 14.3 Å². The van der Waals surface area contributed by atoms with Crippen LogP contribution in [0.25, 0.3) is 5.57 Å². The molecule has 0 aromatic heterocycles. The van der Waals surface area contributed by atoms with Crippen LogP contribution in [0.1, 0.15) is 17.5 Å². The van der Waals surface area contributed by atoms with Gasteiger partial charge in [0.05, 0.1) is 6.42 Å². The van der Waals surface area contributed by atoms with E-state index >= 15 is 0 Å². The summed E-state index contributed by atoms with van der Waals surface area (Å²) in [5.74, 6) is 1.12. The number of ether oxygens (including phenoxy) is 2. The maximum Gasteiger partial charge on any atom is 0.221 e. The molecule has 0 spiro atoms. The predicted octanol–water partition coefficient (Wildman–Crippen LogP) is 2.92. The van der Waals surface area contributed by atoms with E-state index in [1.807, 2.05) is 54.6 Å². The third-order valence-corrected chi connectivity index (χ3v) is 3.48. The largest absolute Gasteiger partial charge is 0.489 e. The minimum atomic E-state index is -0.344. The van der Waals surface area contributed by atoms with Crippen LogP contribution in [0.4, 0.5) is 0 Å². The van der Waals surface area contributed by atoms with Gasteiger partial charge in [-0.05, 0) is 29.3 Å². The summed E-state index contributed by atoms with van der Waals surface area (Å²) in [5, 5.41) is 0. The molecule has 0 fully saturated rings. The fraction of sp³-hybridized carbons (Fsp3) is 0.167. The van der Waals surface area contributed by atoms with Gasteiger partial charge in [0.15, 0.2) is 0 Å². The Balaban J connectivity index is 1.74. The van der Waals surface area contributed by atoms with Gasteiger partial charge in [-0.2, -0.15) is 0 Å². The van der Waals surface area contributed by atoms with Crippen LogP contribution >= 0.6 is 0 Å². The predicted molar refractivity (Wildman–Crippen MR) is 84.5 cm³/mol. The van der Waals surface area contributed by atoms with Crippen LogP contribution in [0.15, 0.2) is 54.6 Å². The zero-order valence-electron chi connectivity index (χ0n) is 12.1. The number of carbonyl (C=O) groups is 1. The van der Waals surface area contributed by atoms with Gasteiger partial charge < -0.3 is 15.2 Å². The zero-order chi connectivity index (χ0) is 15.4. The lowest BCUT2D eigenvalue weighted by atomic mass is 9.99. The molecule has 4 heteroatoms. The highest BCUT2D eigenvalue weighted by atomic mass is 16.5. The van der Waals surface area contributed by atoms with E-state index in [1.165, 1.54) is 0 Å². The van der Waals surface area contributed by atoms with Gasteiger partial charge in [-0.15, -0.1) is 0 Å². The monoisotopic (exact) mass is 295 g/mol. The molecule has 3 rings (SSSR count). The second kappa shape index (κ2) is 6.35. The number of fused-ring (bicyclic) bond motifs is 1. The quantitative estimate of drug-likeness (QED) is 0.922. The minimum Gasteiger partial charge on any atom is -0.489 e. The van der Waals surface area contributed by atoms with Crippen LogP contribution in [0.5, 0.6) is 11.5 Å². The molecule has 1 heterocycles. The molecule has 0 radical (unpaired) electrons. The van der Waals surface area contributed by atoms with Crippen LogP contribution < -0.4 is 15.2 Å². The highest BCUT2D eigenvalue weighted by molar-refractivity contribution is 5.89. The van der Waals surface area contributed by atoms with E-state index in [9.17, 15) is 4.79 Å². The number of benzene rings is 2. The molecule has 22 heavy (non-hydrogen) atoms. The molecule has 0 aliphatic carbocycles. The molecule has 112 valence electrons. The topological polar surface area (TPSA) is 61.6 Å². The molecule has 1 amide bonds. The molecule has 1 aliphatic heterocycles. The molecule has 2 aromatic rings. The number of rotatable bonds is 5. The minimum absolute atomic E-state index is 0.223. The van der Waals surface area contributed by atoms with E-state index in [-0.39, 0.29) is 12.3 Å². The lowest BCUT2D eigenvalue weighted by molar-refractivity contribution is -0.117. The van der Waals surface area contributed by atoms with Crippen molar-refractivity contribution in [3.8, 4) is 11.5 Å². The van der Waals surface area contributed by atoms with E-state index < -0.39 is 0 Å². The molecule has 0 atom stereocenters. The molecule has 2 N–H and O–H groups in total. The Morgan fingerprint density at radius 3 is 2.77 bits per heavy atom. The van der Waals surface area contributed by atoms with Crippen LogP contribution in [0, 0.1) is 0 Å². The summed E-state index contributed by atoms with van der Waals surface area (Å²) in [6, 6.07) is 15.6. The lowest BCUT2D eigenvalue weighted by Gasteiger charge is -2.19. The second-order valence-electron chi connectivity index (χ2n) is 5.12. The van der Waals surface area contributed by atoms with Crippen LogP contribution in [-0.2, 0) is 11.4 Å². The highest BCUT2D eigenvalue weighted by Crippen LogP contribution is 2.34. The van der Waals surface area contributed by atoms with Crippen molar-refractivity contribution in [3.63, 3.8) is 0 Å². The smallest absolute Gasteiger partial charge is 0.221 e. The Bertz CT molecular complexity index is 708. The first-order valence-corrected chi connectivity index (χ1v) is 7.13. The maximum absolute atomic E-state index is 11.1. The number of hydrogen-bond acceptors (Lipinski definition) is 3. The first-order valence-electron chi connectivity index (χ1n) is 7.13. The Kier molecular flexibility index (Phi) is 4.10. The van der Waals surface area contributed by atoms with Crippen molar-refractivity contribution in [2.45, 2.75) is 13.0 Å². The number of carbonyl (C=O) groups excluding carboxylic acids is 1. The van der Waals surface area contributed by atoms with Gasteiger partial charge >= 0.3 is 0 Å². The van der Waals surface area contributed by atoms with Gasteiger partial charge in [-0.25, -0.2) is 0 Å². The molecular formula is C18H17NO3. The van der Waals surface area contributed by atoms with Crippen LogP contribution in [0.3, 0.4) is 0 Å². The maximum atomic E-state index is 11.1. The van der Waals surface area contributed by atoms with Crippen molar-refractivity contribution >= 4 is 11.5 Å². The summed E-state index contributed by atoms with van der Waals surface area (Å²) in [7, 11) is 0. The Morgan fingerprint density at radius 1 is 1.18 bits per heavy atom. The first kappa shape index (κ1) is 14.2. The Labute approximate surface area is 129 Å². The van der Waals surface area contributed by atoms with Gasteiger partial charge in [-0.1, -0.05) is 30.3 Å². The average Bonchev–Trinajstić information content (AvgIpc) is 2.53. The van der Waals surface area contributed by atoms with Crippen molar-refractivity contribution in [2.24, 2.45) is 5.73 Å². The van der Waals surface area contributed by atoms with E-state index in [0.717, 1.165) is 28.2 Å². The van der Waals surface area contributed by atoms with E-state index in [2.05, 4.69) is 0 Å². The summed E-state index contributed by atoms with van der Waals surface area (Å²) in [6.45, 7) is 0.946. The standard InChI is InChI=1S/C18H17NO3/c19-18(20)10-14-8-9-21-17-11-15(6-7-16(14)17)22-12-13-4-2-1-3-5-13/h1-8,11H,9-10,12H2,(H2,19,20). The van der Waals surface area contributed by atoms with Gasteiger partial charge in [-0.3, -0.25) is 4.79 Å². The number of hydrogen-bond donors (Lipinski definition) is 1. The summed E-state index contributed by atoms with van der Waals surface area (Å²) < 4.78 is 11.4. The third-order valence-electron chi connectivity index (χ3n) is 3.48. The fourth-order valence-electron chi connectivity index (χ4n) is 2.42. The lowest BCUT2D eigenvalue weighted by Crippen LogP contribution is -2.13. The van der Waals surface area contributed by atoms with Crippen LogP contribution in [0.2, 0.25) is 0 Å². The summed E-state index contributed by atoms with van der Waals surface area (Å²) >= 11 is 0. The van der Waals surface area contributed by atoms with E-state index in [0.29, 0.717) is 13.2 Å². The van der Waals surface area contributed by atoms with E-state index in [1.54, 1.807) is 0 Å². The Hall–Kier alpha value is -2.75. The third kappa shape index (κ3) is 3.28. The molecule has 0 bridgehead atoms. The fourth-order valence-corrected chi connectivity index (χ4v) is 2.42. The molecule has 1 aliphatic rings. The van der Waals surface area contributed by atoms with Gasteiger partial charge in [0.1, 0.15) is 24.7 Å². The molecule has 4 nitrogen and oxygen atoms in total. The summed E-state index contributed by atoms with van der Waals surface area (Å²) in [4.78, 5) is 11.1. The van der Waals surface area contributed by atoms with Gasteiger partial charge in [0.25, 0.3) is 0 Å². The molecule has 0 saturated carbocycles. The normalized spacial score (nSPS) is 12.8. The second-order valence-corrected chi connectivity index (χ2v) is 5.12. The molecular weight excluding hydrogens is 278 g/mol. The summed E-state index contributed by atoms with van der Waals surface area (Å²) in [6.07, 6.45) is 2.11. The Morgan fingerprint density at radius 2 is 2.00 bits per heavy atom. The van der Waals surface area contributed by atoms with Crippen molar-refractivity contribution in [1.82, 2.24) is 0 Å². The van der Waals surface area contributed by atoms with Gasteiger partial charge in [0.2, 0.25) is 5.91 Å². The van der Waals surface area contributed by atoms with Crippen molar-refractivity contribution in [1.29, 1.82) is 0 Å².